The van der Waals surface area contributed by atoms with E-state index in [0.717, 1.165) is 39.0 Å². The highest BCUT2D eigenvalue weighted by Crippen LogP contribution is 2.65. The predicted octanol–water partition coefficient (Wildman–Crippen LogP) is 17.7. The standard InChI is InChI=1S/C66H43NO/c1-65(2)56-27-13-9-22-48(56)49-34-31-41(38-60(49)65)67(42-32-35-51-50-23-12-16-30-61(50)68-62(51)39-42)40-33-36-59-55(37-40)46-20-4-3-17-43(46)47-21-10-14-28-57(47)66(59)58-29-15-11-26-54(58)63-52-24-7-5-18-44(52)45-19-6-8-25-53(45)64(63)66/h3-39H,1-2H3. The Balaban J connectivity index is 1.06. The molecule has 0 radical (unpaired) electrons. The fourth-order valence-electron chi connectivity index (χ4n) is 13.0. The van der Waals surface area contributed by atoms with Crippen molar-refractivity contribution in [2.75, 3.05) is 4.90 Å². The van der Waals surface area contributed by atoms with Gasteiger partial charge in [0.1, 0.15) is 11.2 Å². The second kappa shape index (κ2) is 13.6. The minimum Gasteiger partial charge on any atom is -0.456 e. The van der Waals surface area contributed by atoms with Crippen LogP contribution >= 0.6 is 0 Å². The van der Waals surface area contributed by atoms with Crippen molar-refractivity contribution in [2.24, 2.45) is 0 Å². The normalized spacial score (nSPS) is 15.7. The van der Waals surface area contributed by atoms with Crippen LogP contribution in [0, 0.1) is 0 Å². The zero-order chi connectivity index (χ0) is 44.9. The van der Waals surface area contributed by atoms with Gasteiger partial charge >= 0.3 is 0 Å². The average Bonchev–Trinajstić information content (AvgIpc) is 3.97. The maximum absolute atomic E-state index is 6.62. The fourth-order valence-corrected chi connectivity index (χ4v) is 13.0. The van der Waals surface area contributed by atoms with Crippen molar-refractivity contribution in [3.63, 3.8) is 0 Å². The number of hydrogen-bond donors (Lipinski definition) is 0. The van der Waals surface area contributed by atoms with Gasteiger partial charge in [-0.05, 0) is 142 Å². The molecule has 1 heterocycles. The summed E-state index contributed by atoms with van der Waals surface area (Å²) < 4.78 is 6.62. The van der Waals surface area contributed by atoms with Crippen molar-refractivity contribution >= 4 is 60.5 Å². The van der Waals surface area contributed by atoms with E-state index in [1.54, 1.807) is 0 Å². The topological polar surface area (TPSA) is 16.4 Å². The van der Waals surface area contributed by atoms with Crippen LogP contribution in [0.3, 0.4) is 0 Å². The summed E-state index contributed by atoms with van der Waals surface area (Å²) in [4.78, 5) is 2.46. The number of para-hydroxylation sites is 1. The Kier molecular flexibility index (Phi) is 7.53. The molecule has 2 nitrogen and oxygen atoms in total. The zero-order valence-corrected chi connectivity index (χ0v) is 37.7. The third-order valence-corrected chi connectivity index (χ3v) is 15.9. The zero-order valence-electron chi connectivity index (χ0n) is 37.7. The fraction of sp³-hybridized carbons (Fsp3) is 0.0606. The molecule has 68 heavy (non-hydrogen) atoms. The Morgan fingerprint density at radius 1 is 0.309 bits per heavy atom. The number of furan rings is 1. The molecule has 15 rings (SSSR count). The molecule has 0 amide bonds. The van der Waals surface area contributed by atoms with Gasteiger partial charge in [0, 0.05) is 39.3 Å². The molecule has 3 aliphatic carbocycles. The lowest BCUT2D eigenvalue weighted by Gasteiger charge is -2.37. The van der Waals surface area contributed by atoms with E-state index >= 15 is 0 Å². The molecule has 0 saturated heterocycles. The van der Waals surface area contributed by atoms with Crippen LogP contribution in [0.25, 0.3) is 88.0 Å². The number of nitrogens with zero attached hydrogens (tertiary/aromatic N) is 1. The first kappa shape index (κ1) is 37.7. The number of rotatable bonds is 3. The number of hydrogen-bond acceptors (Lipinski definition) is 2. The minimum atomic E-state index is -0.652. The van der Waals surface area contributed by atoms with Crippen LogP contribution in [-0.4, -0.2) is 0 Å². The second-order valence-electron chi connectivity index (χ2n) is 19.5. The lowest BCUT2D eigenvalue weighted by molar-refractivity contribution is 0.660. The van der Waals surface area contributed by atoms with E-state index in [2.05, 4.69) is 237 Å². The highest BCUT2D eigenvalue weighted by Gasteiger charge is 2.51. The van der Waals surface area contributed by atoms with Gasteiger partial charge in [0.25, 0.3) is 0 Å². The van der Waals surface area contributed by atoms with Crippen LogP contribution < -0.4 is 4.90 Å². The maximum Gasteiger partial charge on any atom is 0.137 e. The van der Waals surface area contributed by atoms with E-state index in [0.29, 0.717) is 0 Å². The molecule has 318 valence electrons. The van der Waals surface area contributed by atoms with Crippen molar-refractivity contribution in [2.45, 2.75) is 24.7 Å². The molecule has 0 saturated carbocycles. The summed E-state index contributed by atoms with van der Waals surface area (Å²) in [7, 11) is 0. The van der Waals surface area contributed by atoms with Gasteiger partial charge in [0.05, 0.1) is 5.41 Å². The molecule has 0 N–H and O–H groups in total. The molecule has 11 aromatic carbocycles. The lowest BCUT2D eigenvalue weighted by Crippen LogP contribution is -2.29. The van der Waals surface area contributed by atoms with E-state index in [-0.39, 0.29) is 5.41 Å². The Morgan fingerprint density at radius 2 is 0.779 bits per heavy atom. The largest absolute Gasteiger partial charge is 0.456 e. The molecular formula is C66H43NO. The SMILES string of the molecule is CC1(C)c2ccccc2-c2ccc(N(c3ccc4c(c3)-c3ccccc3-c3ccccc3C43c4ccccc4-c4c3c3ccccc3c3ccccc43)c3ccc4c(c3)oc3ccccc34)cc21. The quantitative estimate of drug-likeness (QED) is 0.165. The third-order valence-electron chi connectivity index (χ3n) is 15.9. The van der Waals surface area contributed by atoms with E-state index in [1.807, 2.05) is 6.07 Å². The van der Waals surface area contributed by atoms with Crippen LogP contribution in [0.15, 0.2) is 229 Å². The monoisotopic (exact) mass is 865 g/mol. The maximum atomic E-state index is 6.62. The van der Waals surface area contributed by atoms with Gasteiger partial charge in [-0.25, -0.2) is 0 Å². The molecule has 1 atom stereocenters. The Hall–Kier alpha value is -8.46. The van der Waals surface area contributed by atoms with E-state index in [1.165, 1.54) is 99.4 Å². The highest BCUT2D eigenvalue weighted by atomic mass is 16.3. The van der Waals surface area contributed by atoms with Crippen molar-refractivity contribution in [3.05, 3.63) is 258 Å². The number of anilines is 3. The molecule has 0 aliphatic heterocycles. The number of fused-ring (bicyclic) bond motifs is 23. The van der Waals surface area contributed by atoms with Gasteiger partial charge in [0.15, 0.2) is 0 Å². The van der Waals surface area contributed by atoms with Gasteiger partial charge < -0.3 is 9.32 Å². The predicted molar refractivity (Wildman–Crippen MR) is 283 cm³/mol. The van der Waals surface area contributed by atoms with E-state index < -0.39 is 5.41 Å². The van der Waals surface area contributed by atoms with Crippen LogP contribution in [0.5, 0.6) is 0 Å². The van der Waals surface area contributed by atoms with Crippen molar-refractivity contribution in [1.82, 2.24) is 0 Å². The average molecular weight is 866 g/mol. The summed E-state index contributed by atoms with van der Waals surface area (Å²) in [6.07, 6.45) is 0. The van der Waals surface area contributed by atoms with E-state index in [9.17, 15) is 0 Å². The summed E-state index contributed by atoms with van der Waals surface area (Å²) in [6, 6.07) is 84.2. The molecule has 1 spiro atoms. The highest BCUT2D eigenvalue weighted by molar-refractivity contribution is 6.20. The smallest absolute Gasteiger partial charge is 0.137 e. The van der Waals surface area contributed by atoms with Crippen LogP contribution in [0.2, 0.25) is 0 Å². The minimum absolute atomic E-state index is 0.169. The summed E-state index contributed by atoms with van der Waals surface area (Å²) in [5.74, 6) is 0. The first-order valence-corrected chi connectivity index (χ1v) is 23.8. The summed E-state index contributed by atoms with van der Waals surface area (Å²) in [5, 5.41) is 7.38. The summed E-state index contributed by atoms with van der Waals surface area (Å²) >= 11 is 0. The van der Waals surface area contributed by atoms with Crippen LogP contribution in [-0.2, 0) is 10.8 Å². The third kappa shape index (κ3) is 4.81. The molecular weight excluding hydrogens is 823 g/mol. The Morgan fingerprint density at radius 3 is 1.54 bits per heavy atom. The van der Waals surface area contributed by atoms with Gasteiger partial charge in [0.2, 0.25) is 0 Å². The molecule has 2 heteroatoms. The number of benzene rings is 11. The molecule has 1 aromatic heterocycles. The van der Waals surface area contributed by atoms with Gasteiger partial charge in [-0.1, -0.05) is 190 Å². The van der Waals surface area contributed by atoms with Crippen molar-refractivity contribution in [3.8, 4) is 44.5 Å². The van der Waals surface area contributed by atoms with Gasteiger partial charge in [-0.3, -0.25) is 0 Å². The second-order valence-corrected chi connectivity index (χ2v) is 19.5. The van der Waals surface area contributed by atoms with Crippen LogP contribution in [0.1, 0.15) is 47.2 Å². The van der Waals surface area contributed by atoms with E-state index in [4.69, 9.17) is 4.42 Å². The first-order valence-electron chi connectivity index (χ1n) is 23.8. The first-order chi connectivity index (χ1) is 33.5. The molecule has 12 aromatic rings. The van der Waals surface area contributed by atoms with Crippen molar-refractivity contribution < 1.29 is 4.42 Å². The molecule has 0 fully saturated rings. The molecule has 0 bridgehead atoms. The Labute approximate surface area is 395 Å². The Bertz CT molecular complexity index is 4150. The summed E-state index contributed by atoms with van der Waals surface area (Å²) in [6.45, 7) is 4.74. The van der Waals surface area contributed by atoms with Crippen LogP contribution in [0.4, 0.5) is 17.1 Å². The van der Waals surface area contributed by atoms with Gasteiger partial charge in [-0.2, -0.15) is 0 Å². The van der Waals surface area contributed by atoms with Gasteiger partial charge in [-0.15, -0.1) is 0 Å². The van der Waals surface area contributed by atoms with Crippen molar-refractivity contribution in [1.29, 1.82) is 0 Å². The summed E-state index contributed by atoms with van der Waals surface area (Å²) in [5.41, 5.74) is 22.3. The molecule has 3 aliphatic rings. The lowest BCUT2D eigenvalue weighted by atomic mass is 9.64. The molecule has 1 unspecified atom stereocenters.